The first-order chi connectivity index (χ1) is 8.91. The molecule has 7 heteroatoms. The second-order valence-corrected chi connectivity index (χ2v) is 3.86. The van der Waals surface area contributed by atoms with Gasteiger partial charge in [0.2, 0.25) is 0 Å². The summed E-state index contributed by atoms with van der Waals surface area (Å²) in [6.07, 6.45) is 0. The summed E-state index contributed by atoms with van der Waals surface area (Å²) in [5.74, 6) is -1.04. The summed E-state index contributed by atoms with van der Waals surface area (Å²) in [6.45, 7) is 6.21. The lowest BCUT2D eigenvalue weighted by atomic mass is 10.4. The highest BCUT2D eigenvalue weighted by molar-refractivity contribution is 5.66. The Labute approximate surface area is 112 Å². The van der Waals surface area contributed by atoms with E-state index >= 15 is 0 Å². The van der Waals surface area contributed by atoms with Gasteiger partial charge in [-0.1, -0.05) is 0 Å². The van der Waals surface area contributed by atoms with E-state index in [9.17, 15) is 14.4 Å². The molecule has 0 atom stereocenters. The molecule has 0 bridgehead atoms. The van der Waals surface area contributed by atoms with Gasteiger partial charge in [0.05, 0.1) is 0 Å². The zero-order valence-corrected chi connectivity index (χ0v) is 11.6. The minimum atomic E-state index is -0.347. The number of nitrogens with zero attached hydrogens (tertiary/aromatic N) is 1. The monoisotopic (exact) mass is 275 g/mol. The standard InChI is InChI=1S/C12H21NO6/c1-10(14)17-7-4-13(5-8-18-11(2)15)6-9-19-12(3)16/h4-9H2,1-3H3. The van der Waals surface area contributed by atoms with Gasteiger partial charge >= 0.3 is 17.9 Å². The highest BCUT2D eigenvalue weighted by Crippen LogP contribution is 1.92. The van der Waals surface area contributed by atoms with Gasteiger partial charge in [-0.15, -0.1) is 0 Å². The summed E-state index contributed by atoms with van der Waals surface area (Å²) in [5, 5.41) is 0. The van der Waals surface area contributed by atoms with Crippen LogP contribution in [0.5, 0.6) is 0 Å². The Hall–Kier alpha value is -1.63. The van der Waals surface area contributed by atoms with Crippen LogP contribution < -0.4 is 0 Å². The van der Waals surface area contributed by atoms with E-state index in [1.165, 1.54) is 20.8 Å². The van der Waals surface area contributed by atoms with E-state index in [4.69, 9.17) is 14.2 Å². The van der Waals surface area contributed by atoms with Crippen molar-refractivity contribution in [2.75, 3.05) is 39.5 Å². The van der Waals surface area contributed by atoms with Crippen LogP contribution in [0.2, 0.25) is 0 Å². The zero-order valence-electron chi connectivity index (χ0n) is 11.6. The molecule has 110 valence electrons. The van der Waals surface area contributed by atoms with E-state index in [1.54, 1.807) is 0 Å². The Morgan fingerprint density at radius 2 is 0.947 bits per heavy atom. The van der Waals surface area contributed by atoms with Crippen LogP contribution in [0.15, 0.2) is 0 Å². The molecule has 0 amide bonds. The summed E-state index contributed by atoms with van der Waals surface area (Å²) < 4.78 is 14.5. The van der Waals surface area contributed by atoms with E-state index in [0.29, 0.717) is 19.6 Å². The normalized spacial score (nSPS) is 10.1. The average Bonchev–Trinajstić information content (AvgIpc) is 2.26. The predicted octanol–water partition coefficient (Wildman–Crippen LogP) is -0.0223. The molecular formula is C12H21NO6. The summed E-state index contributed by atoms with van der Waals surface area (Å²) in [7, 11) is 0. The maximum Gasteiger partial charge on any atom is 0.302 e. The third-order valence-electron chi connectivity index (χ3n) is 2.14. The van der Waals surface area contributed by atoms with Crippen LogP contribution in [0, 0.1) is 0 Å². The highest BCUT2D eigenvalue weighted by Gasteiger charge is 2.07. The van der Waals surface area contributed by atoms with Crippen molar-refractivity contribution in [3.63, 3.8) is 0 Å². The molecule has 0 spiro atoms. The van der Waals surface area contributed by atoms with E-state index in [1.807, 2.05) is 4.90 Å². The maximum atomic E-state index is 10.7. The van der Waals surface area contributed by atoms with Crippen molar-refractivity contribution < 1.29 is 28.6 Å². The van der Waals surface area contributed by atoms with Crippen molar-refractivity contribution in [2.24, 2.45) is 0 Å². The van der Waals surface area contributed by atoms with Crippen LogP contribution in [0.25, 0.3) is 0 Å². The van der Waals surface area contributed by atoms with Gasteiger partial charge in [0.1, 0.15) is 19.8 Å². The van der Waals surface area contributed by atoms with Gasteiger partial charge in [-0.25, -0.2) is 0 Å². The number of rotatable bonds is 9. The van der Waals surface area contributed by atoms with Gasteiger partial charge in [0.25, 0.3) is 0 Å². The van der Waals surface area contributed by atoms with E-state index in [0.717, 1.165) is 0 Å². The van der Waals surface area contributed by atoms with Gasteiger partial charge < -0.3 is 14.2 Å². The Balaban J connectivity index is 3.94. The van der Waals surface area contributed by atoms with Gasteiger partial charge in [-0.3, -0.25) is 19.3 Å². The molecule has 0 rings (SSSR count). The van der Waals surface area contributed by atoms with Gasteiger partial charge in [-0.05, 0) is 0 Å². The Kier molecular flexibility index (Phi) is 9.42. The summed E-state index contributed by atoms with van der Waals surface area (Å²) >= 11 is 0. The van der Waals surface area contributed by atoms with Gasteiger partial charge in [0.15, 0.2) is 0 Å². The summed E-state index contributed by atoms with van der Waals surface area (Å²) in [4.78, 5) is 33.8. The third kappa shape index (κ3) is 12.6. The van der Waals surface area contributed by atoms with Crippen molar-refractivity contribution >= 4 is 17.9 Å². The fourth-order valence-corrected chi connectivity index (χ4v) is 1.29. The minimum Gasteiger partial charge on any atom is -0.465 e. The fraction of sp³-hybridized carbons (Fsp3) is 0.750. The molecular weight excluding hydrogens is 254 g/mol. The number of ether oxygens (including phenoxy) is 3. The molecule has 7 nitrogen and oxygen atoms in total. The molecule has 0 saturated carbocycles. The molecule has 0 aliphatic heterocycles. The molecule has 0 unspecified atom stereocenters. The highest BCUT2D eigenvalue weighted by atomic mass is 16.5. The molecule has 0 N–H and O–H groups in total. The predicted molar refractivity (Wildman–Crippen MR) is 66.3 cm³/mol. The van der Waals surface area contributed by atoms with Gasteiger partial charge in [-0.2, -0.15) is 0 Å². The second kappa shape index (κ2) is 10.3. The first-order valence-corrected chi connectivity index (χ1v) is 6.04. The SMILES string of the molecule is CC(=O)OCCN(CCOC(C)=O)CCOC(C)=O. The lowest BCUT2D eigenvalue weighted by Crippen LogP contribution is -2.34. The van der Waals surface area contributed by atoms with Crippen LogP contribution >= 0.6 is 0 Å². The van der Waals surface area contributed by atoms with Gasteiger partial charge in [0, 0.05) is 40.4 Å². The largest absolute Gasteiger partial charge is 0.465 e. The zero-order chi connectivity index (χ0) is 14.7. The molecule has 19 heavy (non-hydrogen) atoms. The third-order valence-corrected chi connectivity index (χ3v) is 2.14. The quantitative estimate of drug-likeness (QED) is 0.432. The number of esters is 3. The molecule has 0 fully saturated rings. The van der Waals surface area contributed by atoms with E-state index in [-0.39, 0.29) is 37.7 Å². The second-order valence-electron chi connectivity index (χ2n) is 3.86. The van der Waals surface area contributed by atoms with E-state index in [2.05, 4.69) is 0 Å². The minimum absolute atomic E-state index is 0.246. The molecule has 0 aromatic carbocycles. The fourth-order valence-electron chi connectivity index (χ4n) is 1.29. The summed E-state index contributed by atoms with van der Waals surface area (Å²) in [5.41, 5.74) is 0. The van der Waals surface area contributed by atoms with Crippen LogP contribution in [0.1, 0.15) is 20.8 Å². The first-order valence-electron chi connectivity index (χ1n) is 6.04. The Bertz CT molecular complexity index is 257. The molecule has 0 aromatic heterocycles. The molecule has 0 aliphatic carbocycles. The lowest BCUT2D eigenvalue weighted by molar-refractivity contribution is -0.141. The smallest absolute Gasteiger partial charge is 0.302 e. The summed E-state index contributed by atoms with van der Waals surface area (Å²) in [6, 6.07) is 0. The van der Waals surface area contributed by atoms with Crippen LogP contribution in [0.4, 0.5) is 0 Å². The number of hydrogen-bond acceptors (Lipinski definition) is 7. The van der Waals surface area contributed by atoms with Crippen molar-refractivity contribution in [1.29, 1.82) is 0 Å². The van der Waals surface area contributed by atoms with Crippen molar-refractivity contribution in [1.82, 2.24) is 4.90 Å². The molecule has 0 aliphatic rings. The Morgan fingerprint density at radius 1 is 0.684 bits per heavy atom. The molecule has 0 radical (unpaired) electrons. The lowest BCUT2D eigenvalue weighted by Gasteiger charge is -2.21. The van der Waals surface area contributed by atoms with Crippen molar-refractivity contribution in [3.05, 3.63) is 0 Å². The van der Waals surface area contributed by atoms with Crippen molar-refractivity contribution in [2.45, 2.75) is 20.8 Å². The maximum absolute atomic E-state index is 10.7. The van der Waals surface area contributed by atoms with Crippen LogP contribution in [-0.2, 0) is 28.6 Å². The topological polar surface area (TPSA) is 82.1 Å². The van der Waals surface area contributed by atoms with Crippen LogP contribution in [-0.4, -0.2) is 62.3 Å². The average molecular weight is 275 g/mol. The molecule has 0 heterocycles. The molecule has 0 aromatic rings. The Morgan fingerprint density at radius 3 is 1.16 bits per heavy atom. The van der Waals surface area contributed by atoms with Crippen LogP contribution in [0.3, 0.4) is 0 Å². The molecule has 0 saturated heterocycles. The number of hydrogen-bond donors (Lipinski definition) is 0. The first kappa shape index (κ1) is 17.4. The number of carbonyl (C=O) groups excluding carboxylic acids is 3. The number of carbonyl (C=O) groups is 3. The van der Waals surface area contributed by atoms with E-state index < -0.39 is 0 Å². The van der Waals surface area contributed by atoms with Crippen molar-refractivity contribution in [3.8, 4) is 0 Å².